The molecule has 0 aliphatic carbocycles. The van der Waals surface area contributed by atoms with E-state index in [-0.39, 0.29) is 5.41 Å². The predicted octanol–water partition coefficient (Wildman–Crippen LogP) is 4.36. The van der Waals surface area contributed by atoms with Crippen molar-refractivity contribution >= 4 is 5.78 Å². The summed E-state index contributed by atoms with van der Waals surface area (Å²) >= 11 is 0. The Labute approximate surface area is 117 Å². The van der Waals surface area contributed by atoms with Gasteiger partial charge in [0, 0.05) is 24.2 Å². The molecule has 0 spiro atoms. The first-order chi connectivity index (χ1) is 8.90. The van der Waals surface area contributed by atoms with Crippen LogP contribution >= 0.6 is 0 Å². The maximum absolute atomic E-state index is 11.8. The van der Waals surface area contributed by atoms with Gasteiger partial charge in [0.05, 0.1) is 0 Å². The molecule has 0 unspecified atom stereocenters. The van der Waals surface area contributed by atoms with E-state index in [1.54, 1.807) is 0 Å². The fraction of sp³-hybridized carbons (Fsp3) is 0.647. The van der Waals surface area contributed by atoms with Crippen molar-refractivity contribution in [2.75, 3.05) is 0 Å². The zero-order chi connectivity index (χ0) is 14.3. The molecule has 0 aliphatic rings. The number of nitrogens with zero attached hydrogens (tertiary/aromatic N) is 1. The van der Waals surface area contributed by atoms with Crippen LogP contribution < -0.4 is 0 Å². The maximum atomic E-state index is 11.8. The first kappa shape index (κ1) is 15.9. The predicted molar refractivity (Wildman–Crippen MR) is 80.2 cm³/mol. The quantitative estimate of drug-likeness (QED) is 0.682. The molecule has 0 saturated carbocycles. The number of Topliss-reactive ketones (excluding diaryl/α,β-unsaturated/α-hetero) is 1. The van der Waals surface area contributed by atoms with Gasteiger partial charge in [-0.25, -0.2) is 0 Å². The van der Waals surface area contributed by atoms with Crippen molar-refractivity contribution in [1.82, 2.24) is 4.98 Å². The average Bonchev–Trinajstić information content (AvgIpc) is 2.27. The Hall–Kier alpha value is -1.18. The standard InChI is InChI=1S/C17H27NO/c1-5-6-7-11-16(19)12-14-9-8-10-15(18-14)13-17(2,3)4/h8-10H,5-7,11-13H2,1-4H3. The van der Waals surface area contributed by atoms with Crippen LogP contribution in [0.5, 0.6) is 0 Å². The van der Waals surface area contributed by atoms with Gasteiger partial charge in [0.2, 0.25) is 0 Å². The van der Waals surface area contributed by atoms with E-state index >= 15 is 0 Å². The summed E-state index contributed by atoms with van der Waals surface area (Å²) in [5, 5.41) is 0. The van der Waals surface area contributed by atoms with E-state index in [4.69, 9.17) is 0 Å². The Morgan fingerprint density at radius 2 is 1.84 bits per heavy atom. The lowest BCUT2D eigenvalue weighted by Gasteiger charge is -2.17. The molecule has 1 aromatic heterocycles. The molecule has 1 rings (SSSR count). The third kappa shape index (κ3) is 7.09. The van der Waals surface area contributed by atoms with Gasteiger partial charge in [0.15, 0.2) is 0 Å². The number of rotatable bonds is 7. The molecule has 0 fully saturated rings. The Balaban J connectivity index is 2.54. The fourth-order valence-electron chi connectivity index (χ4n) is 2.13. The molecule has 0 radical (unpaired) electrons. The second-order valence-electron chi connectivity index (χ2n) is 6.53. The van der Waals surface area contributed by atoms with Gasteiger partial charge in [-0.15, -0.1) is 0 Å². The highest BCUT2D eigenvalue weighted by molar-refractivity contribution is 5.80. The number of hydrogen-bond donors (Lipinski definition) is 0. The number of pyridine rings is 1. The Morgan fingerprint density at radius 3 is 2.47 bits per heavy atom. The molecular formula is C17H27NO. The third-order valence-corrected chi connectivity index (χ3v) is 3.01. The van der Waals surface area contributed by atoms with Crippen molar-refractivity contribution in [3.05, 3.63) is 29.6 Å². The van der Waals surface area contributed by atoms with Gasteiger partial charge < -0.3 is 0 Å². The van der Waals surface area contributed by atoms with Crippen LogP contribution in [0.2, 0.25) is 0 Å². The minimum absolute atomic E-state index is 0.233. The summed E-state index contributed by atoms with van der Waals surface area (Å²) in [6, 6.07) is 6.03. The summed E-state index contributed by atoms with van der Waals surface area (Å²) in [5.74, 6) is 0.314. The molecule has 2 nitrogen and oxygen atoms in total. The SMILES string of the molecule is CCCCCC(=O)Cc1cccc(CC(C)(C)C)n1. The maximum Gasteiger partial charge on any atom is 0.138 e. The summed E-state index contributed by atoms with van der Waals surface area (Å²) in [6.07, 6.45) is 5.44. The number of carbonyl (C=O) groups excluding carboxylic acids is 1. The van der Waals surface area contributed by atoms with Crippen molar-refractivity contribution in [3.63, 3.8) is 0 Å². The van der Waals surface area contributed by atoms with Crippen LogP contribution in [0.4, 0.5) is 0 Å². The Morgan fingerprint density at radius 1 is 1.16 bits per heavy atom. The molecule has 0 N–H and O–H groups in total. The van der Waals surface area contributed by atoms with Crippen molar-refractivity contribution in [1.29, 1.82) is 0 Å². The Kier molecular flexibility index (Phi) is 6.20. The second kappa shape index (κ2) is 7.42. The van der Waals surface area contributed by atoms with Crippen LogP contribution in [0.3, 0.4) is 0 Å². The molecule has 1 heterocycles. The van der Waals surface area contributed by atoms with Crippen LogP contribution in [0.25, 0.3) is 0 Å². The van der Waals surface area contributed by atoms with Crippen LogP contribution in [0, 0.1) is 5.41 Å². The largest absolute Gasteiger partial charge is 0.299 e. The minimum atomic E-state index is 0.233. The van der Waals surface area contributed by atoms with Gasteiger partial charge in [-0.1, -0.05) is 46.6 Å². The molecule has 0 aliphatic heterocycles. The zero-order valence-corrected chi connectivity index (χ0v) is 12.8. The highest BCUT2D eigenvalue weighted by atomic mass is 16.1. The molecule has 106 valence electrons. The average molecular weight is 261 g/mol. The van der Waals surface area contributed by atoms with Crippen LogP contribution in [-0.2, 0) is 17.6 Å². The summed E-state index contributed by atoms with van der Waals surface area (Å²) < 4.78 is 0. The van der Waals surface area contributed by atoms with Gasteiger partial charge in [-0.05, 0) is 30.4 Å². The molecule has 0 amide bonds. The third-order valence-electron chi connectivity index (χ3n) is 3.01. The molecule has 2 heteroatoms. The minimum Gasteiger partial charge on any atom is -0.299 e. The van der Waals surface area contributed by atoms with Gasteiger partial charge in [0.1, 0.15) is 5.78 Å². The highest BCUT2D eigenvalue weighted by Crippen LogP contribution is 2.19. The van der Waals surface area contributed by atoms with E-state index in [1.165, 1.54) is 0 Å². The molecular weight excluding hydrogens is 234 g/mol. The summed E-state index contributed by atoms with van der Waals surface area (Å²) in [7, 11) is 0. The fourth-order valence-corrected chi connectivity index (χ4v) is 2.13. The number of carbonyl (C=O) groups is 1. The molecule has 0 aromatic carbocycles. The van der Waals surface area contributed by atoms with Crippen molar-refractivity contribution in [2.45, 2.75) is 66.2 Å². The van der Waals surface area contributed by atoms with E-state index in [9.17, 15) is 4.79 Å². The first-order valence-corrected chi connectivity index (χ1v) is 7.37. The van der Waals surface area contributed by atoms with Crippen LogP contribution in [-0.4, -0.2) is 10.8 Å². The van der Waals surface area contributed by atoms with Gasteiger partial charge >= 0.3 is 0 Å². The number of hydrogen-bond acceptors (Lipinski definition) is 2. The van der Waals surface area contributed by atoms with Gasteiger partial charge in [0.25, 0.3) is 0 Å². The number of ketones is 1. The van der Waals surface area contributed by atoms with E-state index in [2.05, 4.69) is 38.7 Å². The molecule has 19 heavy (non-hydrogen) atoms. The monoisotopic (exact) mass is 261 g/mol. The van der Waals surface area contributed by atoms with Crippen molar-refractivity contribution in [2.24, 2.45) is 5.41 Å². The Bertz CT molecular complexity index is 404. The van der Waals surface area contributed by atoms with E-state index in [1.807, 2.05) is 12.1 Å². The first-order valence-electron chi connectivity index (χ1n) is 7.37. The van der Waals surface area contributed by atoms with Crippen molar-refractivity contribution in [3.8, 4) is 0 Å². The lowest BCUT2D eigenvalue weighted by atomic mass is 9.90. The van der Waals surface area contributed by atoms with E-state index in [0.717, 1.165) is 37.1 Å². The number of unbranched alkanes of at least 4 members (excludes halogenated alkanes) is 2. The summed E-state index contributed by atoms with van der Waals surface area (Å²) in [5.41, 5.74) is 2.24. The van der Waals surface area contributed by atoms with E-state index in [0.29, 0.717) is 18.6 Å². The molecule has 0 saturated heterocycles. The van der Waals surface area contributed by atoms with Gasteiger partial charge in [-0.2, -0.15) is 0 Å². The summed E-state index contributed by atoms with van der Waals surface area (Å²) in [4.78, 5) is 16.4. The molecule has 0 atom stereocenters. The zero-order valence-electron chi connectivity index (χ0n) is 12.8. The normalized spacial score (nSPS) is 11.6. The van der Waals surface area contributed by atoms with Crippen LogP contribution in [0.1, 0.15) is 64.8 Å². The highest BCUT2D eigenvalue weighted by Gasteiger charge is 2.13. The molecule has 1 aromatic rings. The smallest absolute Gasteiger partial charge is 0.138 e. The lowest BCUT2D eigenvalue weighted by molar-refractivity contribution is -0.118. The number of aromatic nitrogens is 1. The molecule has 0 bridgehead atoms. The summed E-state index contributed by atoms with van der Waals surface area (Å²) in [6.45, 7) is 8.77. The van der Waals surface area contributed by atoms with Crippen LogP contribution in [0.15, 0.2) is 18.2 Å². The lowest BCUT2D eigenvalue weighted by Crippen LogP contribution is -2.12. The topological polar surface area (TPSA) is 30.0 Å². The van der Waals surface area contributed by atoms with E-state index < -0.39 is 0 Å². The van der Waals surface area contributed by atoms with Crippen molar-refractivity contribution < 1.29 is 4.79 Å². The van der Waals surface area contributed by atoms with Gasteiger partial charge in [-0.3, -0.25) is 9.78 Å². The second-order valence-corrected chi connectivity index (χ2v) is 6.53.